The molecule has 1 heterocycles. The highest BCUT2D eigenvalue weighted by molar-refractivity contribution is 5.69. The normalized spacial score (nSPS) is 15.0. The number of rotatable bonds is 5. The molecule has 0 radical (unpaired) electrons. The van der Waals surface area contributed by atoms with E-state index in [2.05, 4.69) is 20.6 Å². The number of anilines is 4. The Kier molecular flexibility index (Phi) is 3.49. The number of aromatic nitrogens is 2. The van der Waals surface area contributed by atoms with Gasteiger partial charge < -0.3 is 10.6 Å². The maximum Gasteiger partial charge on any atom is 0.229 e. The zero-order valence-electron chi connectivity index (χ0n) is 21.8. The van der Waals surface area contributed by atoms with Crippen LogP contribution in [0.4, 0.5) is 23.1 Å². The third-order valence-electron chi connectivity index (χ3n) is 3.62. The molecule has 3 rings (SSSR count). The summed E-state index contributed by atoms with van der Waals surface area (Å²) in [5.74, 6) is 0.256. The first-order valence-corrected chi connectivity index (χ1v) is 8.06. The largest absolute Gasteiger partial charge is 0.340 e. The third kappa shape index (κ3) is 4.51. The average Bonchev–Trinajstić information content (AvgIpc) is 2.80. The lowest BCUT2D eigenvalue weighted by Gasteiger charge is -2.14. The van der Waals surface area contributed by atoms with E-state index in [4.69, 9.17) is 20.1 Å². The van der Waals surface area contributed by atoms with Crippen molar-refractivity contribution in [1.29, 1.82) is 10.5 Å². The van der Waals surface area contributed by atoms with Gasteiger partial charge in [0.2, 0.25) is 5.95 Å². The molecule has 0 aliphatic heterocycles. The number of aryl methyl sites for hydroxylation is 2. The van der Waals surface area contributed by atoms with Crippen LogP contribution >= 0.6 is 0 Å². The van der Waals surface area contributed by atoms with E-state index < -0.39 is 12.9 Å². The van der Waals surface area contributed by atoms with Crippen molar-refractivity contribution in [1.82, 2.24) is 9.97 Å². The quantitative estimate of drug-likeness (QED) is 0.612. The van der Waals surface area contributed by atoms with Gasteiger partial charge in [-0.05, 0) is 78.9 Å². The van der Waals surface area contributed by atoms with E-state index >= 15 is 0 Å². The molecule has 2 aromatic carbocycles. The summed E-state index contributed by atoms with van der Waals surface area (Å²) >= 11 is 0. The van der Waals surface area contributed by atoms with Gasteiger partial charge in [0.05, 0.1) is 23.2 Å². The summed E-state index contributed by atoms with van der Waals surface area (Å²) in [5, 5.41) is 23.6. The Labute approximate surface area is 173 Å². The van der Waals surface area contributed by atoms with E-state index in [0.29, 0.717) is 5.56 Å². The van der Waals surface area contributed by atoms with Crippen LogP contribution in [0.2, 0.25) is 0 Å². The molecule has 2 N–H and O–H groups in total. The minimum Gasteiger partial charge on any atom is -0.340 e. The summed E-state index contributed by atoms with van der Waals surface area (Å²) in [6.45, 7) is -0.949. The van der Waals surface area contributed by atoms with Crippen molar-refractivity contribution in [2.75, 3.05) is 10.6 Å². The molecule has 0 saturated carbocycles. The Morgan fingerprint density at radius 1 is 1.18 bits per heavy atom. The number of nitriles is 2. The molecule has 0 aliphatic carbocycles. The number of hydrogen-bond acceptors (Lipinski definition) is 6. The molecular weight excluding hydrogens is 348 g/mol. The highest BCUT2D eigenvalue weighted by Gasteiger charge is 2.07. The summed E-state index contributed by atoms with van der Waals surface area (Å²) in [4.78, 5) is 8.36. The summed E-state index contributed by atoms with van der Waals surface area (Å²) in [5.41, 5.74) is 0.952. The van der Waals surface area contributed by atoms with Gasteiger partial charge in [-0.1, -0.05) is 0 Å². The van der Waals surface area contributed by atoms with Gasteiger partial charge in [0.15, 0.2) is 0 Å². The van der Waals surface area contributed by atoms with Crippen LogP contribution in [0, 0.1) is 36.4 Å². The van der Waals surface area contributed by atoms with Gasteiger partial charge in [0, 0.05) is 27.7 Å². The number of nitrogens with zero attached hydrogens (tertiary/aromatic N) is 4. The summed E-state index contributed by atoms with van der Waals surface area (Å²) < 4.78 is 55.4. The Morgan fingerprint density at radius 2 is 1.96 bits per heavy atom. The van der Waals surface area contributed by atoms with E-state index in [1.165, 1.54) is 36.5 Å². The lowest BCUT2D eigenvalue weighted by molar-refractivity contribution is 1.16. The molecule has 0 saturated heterocycles. The van der Waals surface area contributed by atoms with Crippen molar-refractivity contribution < 1.29 is 9.60 Å². The smallest absolute Gasteiger partial charge is 0.229 e. The number of allylic oxidation sites excluding steroid dienone is 1. The standard InChI is InChI=1S/C22H18N6/c1-15-12-18(4-3-10-23)13-16(2)21(15)27-20-9-11-25-22(28-20)26-19-7-5-17(14-24)6-8-19/h3-9,11-13H,1-2H3,(H2,25,26,27,28)/b4-3+/i1D3,3D,4D,7D,8D. The zero-order chi connectivity index (χ0) is 25.9. The van der Waals surface area contributed by atoms with E-state index in [0.717, 1.165) is 0 Å². The molecule has 0 spiro atoms. The first-order valence-electron chi connectivity index (χ1n) is 11.6. The number of nitrogens with one attached hydrogen (secondary N) is 2. The van der Waals surface area contributed by atoms with Gasteiger partial charge >= 0.3 is 0 Å². The van der Waals surface area contributed by atoms with Gasteiger partial charge in [0.1, 0.15) is 5.82 Å². The van der Waals surface area contributed by atoms with Crippen LogP contribution in [-0.4, -0.2) is 9.97 Å². The van der Waals surface area contributed by atoms with Crippen LogP contribution < -0.4 is 10.6 Å². The van der Waals surface area contributed by atoms with Crippen LogP contribution in [0.15, 0.2) is 54.7 Å². The Balaban J connectivity index is 2.01. The zero-order valence-corrected chi connectivity index (χ0v) is 14.8. The molecule has 0 unspecified atom stereocenters. The van der Waals surface area contributed by atoms with Crippen molar-refractivity contribution in [2.45, 2.75) is 13.8 Å². The predicted molar refractivity (Wildman–Crippen MR) is 110 cm³/mol. The molecule has 6 heteroatoms. The van der Waals surface area contributed by atoms with Gasteiger partial charge in [-0.25, -0.2) is 4.98 Å². The highest BCUT2D eigenvalue weighted by atomic mass is 15.1. The molecule has 1 aromatic heterocycles. The third-order valence-corrected chi connectivity index (χ3v) is 3.62. The number of hydrogen-bond donors (Lipinski definition) is 2. The lowest BCUT2D eigenvalue weighted by atomic mass is 10.0. The van der Waals surface area contributed by atoms with E-state index in [1.54, 1.807) is 13.0 Å². The molecule has 3 aromatic rings. The fourth-order valence-electron chi connectivity index (χ4n) is 2.37. The molecule has 0 amide bonds. The summed E-state index contributed by atoms with van der Waals surface area (Å²) in [6, 6.07) is 9.16. The molecule has 0 fully saturated rings. The van der Waals surface area contributed by atoms with E-state index in [9.17, 15) is 0 Å². The summed E-state index contributed by atoms with van der Waals surface area (Å²) in [7, 11) is 0. The molecule has 136 valence electrons. The number of benzene rings is 2. The average molecular weight is 373 g/mol. The maximum absolute atomic E-state index is 8.99. The van der Waals surface area contributed by atoms with Crippen molar-refractivity contribution in [3.8, 4) is 12.1 Å². The minimum absolute atomic E-state index is 0.0376. The Bertz CT molecular complexity index is 1390. The molecule has 6 nitrogen and oxygen atoms in total. The second kappa shape index (κ2) is 8.48. The van der Waals surface area contributed by atoms with E-state index in [-0.39, 0.29) is 58.0 Å². The van der Waals surface area contributed by atoms with Crippen molar-refractivity contribution >= 4 is 29.2 Å². The van der Waals surface area contributed by atoms with Crippen molar-refractivity contribution in [3.63, 3.8) is 0 Å². The van der Waals surface area contributed by atoms with Crippen molar-refractivity contribution in [3.05, 3.63) is 76.9 Å². The molecule has 0 bridgehead atoms. The monoisotopic (exact) mass is 373 g/mol. The van der Waals surface area contributed by atoms with Crippen LogP contribution in [0.3, 0.4) is 0 Å². The van der Waals surface area contributed by atoms with Gasteiger partial charge in [0.25, 0.3) is 0 Å². The molecule has 0 aliphatic rings. The predicted octanol–water partition coefficient (Wildman–Crippen LogP) is 4.99. The first-order chi connectivity index (χ1) is 16.4. The van der Waals surface area contributed by atoms with Crippen LogP contribution in [-0.2, 0) is 0 Å². The van der Waals surface area contributed by atoms with Gasteiger partial charge in [-0.3, -0.25) is 0 Å². The summed E-state index contributed by atoms with van der Waals surface area (Å²) in [6.07, 6.45) is 1.40. The lowest BCUT2D eigenvalue weighted by Crippen LogP contribution is -2.02. The van der Waals surface area contributed by atoms with Gasteiger partial charge in [-0.15, -0.1) is 0 Å². The second-order valence-electron chi connectivity index (χ2n) is 5.61. The minimum atomic E-state index is -2.57. The SMILES string of the molecule is [2H]/C(C#N)=C(/[2H])c1cc(C)c(Nc2ccnc(Nc3c([2H])cc(C#N)cc3[2H])n2)c(C([2H])([2H])[2H])c1. The van der Waals surface area contributed by atoms with Crippen LogP contribution in [0.25, 0.3) is 6.05 Å². The van der Waals surface area contributed by atoms with Crippen LogP contribution in [0.5, 0.6) is 0 Å². The highest BCUT2D eigenvalue weighted by Crippen LogP contribution is 2.26. The first kappa shape index (κ1) is 11.5. The van der Waals surface area contributed by atoms with Crippen LogP contribution in [0.1, 0.15) is 31.8 Å². The van der Waals surface area contributed by atoms with Crippen molar-refractivity contribution in [2.24, 2.45) is 0 Å². The topological polar surface area (TPSA) is 97.4 Å². The Morgan fingerprint density at radius 3 is 2.68 bits per heavy atom. The molecule has 28 heavy (non-hydrogen) atoms. The molecular formula is C22H18N6. The fourth-order valence-corrected chi connectivity index (χ4v) is 2.37. The second-order valence-corrected chi connectivity index (χ2v) is 5.61. The maximum atomic E-state index is 8.99. The molecule has 0 atom stereocenters. The van der Waals surface area contributed by atoms with E-state index in [1.807, 2.05) is 6.07 Å². The van der Waals surface area contributed by atoms with Gasteiger partial charge in [-0.2, -0.15) is 15.5 Å². The Hall–Kier alpha value is -4.16. The fraction of sp³-hybridized carbons (Fsp3) is 0.0909.